The number of aliphatic hydroxyl groups is 1. The van der Waals surface area contributed by atoms with Crippen molar-refractivity contribution in [3.63, 3.8) is 0 Å². The molecule has 1 aliphatic heterocycles. The van der Waals surface area contributed by atoms with Crippen molar-refractivity contribution in [2.45, 2.75) is 6.10 Å². The molecule has 1 atom stereocenters. The molecule has 0 saturated heterocycles. The van der Waals surface area contributed by atoms with Crippen LogP contribution in [0.15, 0.2) is 4.99 Å². The second-order valence-electron chi connectivity index (χ2n) is 1.33. The predicted octanol–water partition coefficient (Wildman–Crippen LogP) is -1.19. The smallest absolute Gasteiger partial charge is 0.130 e. The van der Waals surface area contributed by atoms with Gasteiger partial charge in [-0.1, -0.05) is 0 Å². The van der Waals surface area contributed by atoms with Gasteiger partial charge in [0.1, 0.15) is 12.0 Å². The highest BCUT2D eigenvalue weighted by Crippen LogP contribution is 1.98. The van der Waals surface area contributed by atoms with Gasteiger partial charge in [0.2, 0.25) is 0 Å². The van der Waals surface area contributed by atoms with Crippen molar-refractivity contribution in [1.29, 1.82) is 0 Å². The highest BCUT2D eigenvalue weighted by Gasteiger charge is 2.09. The van der Waals surface area contributed by atoms with Gasteiger partial charge in [-0.2, -0.15) is 0 Å². The second kappa shape index (κ2) is 1.92. The SMILES string of the molecule is O=C1N=[C-]OC1CO. The van der Waals surface area contributed by atoms with Crippen LogP contribution >= 0.6 is 0 Å². The molecule has 4 heteroatoms. The fourth-order valence-corrected chi connectivity index (χ4v) is 0.373. The standard InChI is InChI=1S/C4H4NO3/c6-1-3-4(7)5-2-8-3/h3,6H,1H2/q-1. The van der Waals surface area contributed by atoms with Gasteiger partial charge in [0.15, 0.2) is 0 Å². The molecule has 1 heterocycles. The average molecular weight is 114 g/mol. The van der Waals surface area contributed by atoms with Crippen LogP contribution in [0.25, 0.3) is 0 Å². The van der Waals surface area contributed by atoms with Gasteiger partial charge in [0.05, 0.1) is 6.61 Å². The highest BCUT2D eigenvalue weighted by molar-refractivity contribution is 5.91. The number of carbonyl (C=O) groups excluding carboxylic acids is 1. The number of carbonyl (C=O) groups is 1. The minimum atomic E-state index is -0.796. The van der Waals surface area contributed by atoms with Gasteiger partial charge >= 0.3 is 0 Å². The maximum atomic E-state index is 10.3. The molecule has 0 aromatic heterocycles. The van der Waals surface area contributed by atoms with Gasteiger partial charge < -0.3 is 19.6 Å². The third-order valence-electron chi connectivity index (χ3n) is 0.792. The lowest BCUT2D eigenvalue weighted by molar-refractivity contribution is -0.124. The fraction of sp³-hybridized carbons (Fsp3) is 0.500. The van der Waals surface area contributed by atoms with E-state index in [2.05, 4.69) is 9.73 Å². The first-order valence-corrected chi connectivity index (χ1v) is 2.10. The molecule has 44 valence electrons. The number of amides is 1. The molecule has 0 aromatic carbocycles. The summed E-state index contributed by atoms with van der Waals surface area (Å²) in [6.07, 6.45) is 1.19. The van der Waals surface area contributed by atoms with Crippen LogP contribution in [0.2, 0.25) is 0 Å². The summed E-state index contributed by atoms with van der Waals surface area (Å²) in [6.45, 7) is -0.324. The molecule has 0 aliphatic carbocycles. The van der Waals surface area contributed by atoms with Gasteiger partial charge in [-0.15, -0.1) is 0 Å². The van der Waals surface area contributed by atoms with Crippen molar-refractivity contribution in [3.8, 4) is 0 Å². The van der Waals surface area contributed by atoms with E-state index in [9.17, 15) is 4.79 Å². The Morgan fingerprint density at radius 2 is 2.75 bits per heavy atom. The topological polar surface area (TPSA) is 58.9 Å². The summed E-state index contributed by atoms with van der Waals surface area (Å²) >= 11 is 0. The normalized spacial score (nSPS) is 26.1. The Bertz CT molecular complexity index is 131. The Balaban J connectivity index is 2.51. The largest absolute Gasteiger partial charge is 0.575 e. The zero-order chi connectivity index (χ0) is 5.98. The zero-order valence-corrected chi connectivity index (χ0v) is 4.00. The van der Waals surface area contributed by atoms with E-state index in [-0.39, 0.29) is 6.61 Å². The minimum absolute atomic E-state index is 0.324. The van der Waals surface area contributed by atoms with Crippen LogP contribution in [0.1, 0.15) is 0 Å². The van der Waals surface area contributed by atoms with Crippen molar-refractivity contribution >= 4 is 12.3 Å². The lowest BCUT2D eigenvalue weighted by atomic mass is 10.4. The molecule has 0 fully saturated rings. The number of rotatable bonds is 1. The predicted molar refractivity (Wildman–Crippen MR) is 24.4 cm³/mol. The van der Waals surface area contributed by atoms with Crippen LogP contribution in [0.4, 0.5) is 0 Å². The minimum Gasteiger partial charge on any atom is -0.575 e. The van der Waals surface area contributed by atoms with Crippen LogP contribution in [0.3, 0.4) is 0 Å². The van der Waals surface area contributed by atoms with Crippen LogP contribution in [-0.2, 0) is 9.53 Å². The molecule has 1 N–H and O–H groups in total. The summed E-state index contributed by atoms with van der Waals surface area (Å²) in [5.74, 6) is -0.465. The molecule has 0 saturated carbocycles. The summed E-state index contributed by atoms with van der Waals surface area (Å²) in [5.41, 5.74) is 0. The van der Waals surface area contributed by atoms with Crippen LogP contribution in [-0.4, -0.2) is 30.1 Å². The van der Waals surface area contributed by atoms with Gasteiger partial charge in [0.25, 0.3) is 0 Å². The summed E-state index contributed by atoms with van der Waals surface area (Å²) in [7, 11) is 0. The number of hydrogen-bond acceptors (Lipinski definition) is 3. The zero-order valence-electron chi connectivity index (χ0n) is 4.00. The Morgan fingerprint density at radius 3 is 3.00 bits per heavy atom. The van der Waals surface area contributed by atoms with Gasteiger partial charge in [-0.25, -0.2) is 0 Å². The van der Waals surface area contributed by atoms with Crippen LogP contribution in [0, 0.1) is 0 Å². The third-order valence-corrected chi connectivity index (χ3v) is 0.792. The summed E-state index contributed by atoms with van der Waals surface area (Å²) in [5, 5.41) is 8.29. The molecule has 0 bridgehead atoms. The lowest BCUT2D eigenvalue weighted by Gasteiger charge is -2.08. The third kappa shape index (κ3) is 0.696. The van der Waals surface area contributed by atoms with E-state index in [0.717, 1.165) is 0 Å². The summed E-state index contributed by atoms with van der Waals surface area (Å²) in [4.78, 5) is 13.4. The Morgan fingerprint density at radius 1 is 2.00 bits per heavy atom. The van der Waals surface area contributed by atoms with E-state index < -0.39 is 12.0 Å². The Hall–Kier alpha value is -0.900. The maximum absolute atomic E-state index is 10.3. The quantitative estimate of drug-likeness (QED) is 0.436. The van der Waals surface area contributed by atoms with Crippen molar-refractivity contribution in [2.75, 3.05) is 6.61 Å². The molecule has 8 heavy (non-hydrogen) atoms. The first kappa shape index (κ1) is 5.24. The molecule has 0 spiro atoms. The second-order valence-corrected chi connectivity index (χ2v) is 1.33. The lowest BCUT2D eigenvalue weighted by Crippen LogP contribution is -2.20. The Labute approximate surface area is 45.8 Å². The Kier molecular flexibility index (Phi) is 1.26. The van der Waals surface area contributed by atoms with Gasteiger partial charge in [-0.3, -0.25) is 0 Å². The highest BCUT2D eigenvalue weighted by atomic mass is 16.5. The summed E-state index contributed by atoms with van der Waals surface area (Å²) < 4.78 is 4.40. The fourth-order valence-electron chi connectivity index (χ4n) is 0.373. The average Bonchev–Trinajstić information content (AvgIpc) is 2.14. The first-order valence-electron chi connectivity index (χ1n) is 2.10. The summed E-state index contributed by atoms with van der Waals surface area (Å²) in [6, 6.07) is 0. The molecule has 1 rings (SSSR count). The van der Waals surface area contributed by atoms with Crippen LogP contribution < -0.4 is 0 Å². The number of nitrogens with zero attached hydrogens (tertiary/aromatic N) is 1. The number of hydrogen-bond donors (Lipinski definition) is 1. The van der Waals surface area contributed by atoms with Crippen molar-refractivity contribution in [1.82, 2.24) is 0 Å². The van der Waals surface area contributed by atoms with Crippen molar-refractivity contribution in [3.05, 3.63) is 0 Å². The van der Waals surface area contributed by atoms with Gasteiger partial charge in [0, 0.05) is 6.40 Å². The molecule has 4 nitrogen and oxygen atoms in total. The molecule has 1 aliphatic rings. The molecular formula is C4H4NO3-. The van der Waals surface area contributed by atoms with E-state index in [1.54, 1.807) is 0 Å². The molecule has 1 unspecified atom stereocenters. The van der Waals surface area contributed by atoms with E-state index in [1.807, 2.05) is 6.40 Å². The van der Waals surface area contributed by atoms with Crippen molar-refractivity contribution < 1.29 is 14.6 Å². The molecule has 0 radical (unpaired) electrons. The molecule has 0 aromatic rings. The van der Waals surface area contributed by atoms with E-state index in [0.29, 0.717) is 0 Å². The van der Waals surface area contributed by atoms with E-state index in [1.165, 1.54) is 0 Å². The molecule has 1 amide bonds. The number of aliphatic hydroxyl groups excluding tert-OH is 1. The van der Waals surface area contributed by atoms with Gasteiger partial charge in [-0.05, 0) is 0 Å². The van der Waals surface area contributed by atoms with E-state index >= 15 is 0 Å². The van der Waals surface area contributed by atoms with Crippen LogP contribution in [0.5, 0.6) is 0 Å². The maximum Gasteiger partial charge on any atom is 0.130 e. The number of aliphatic imine (C=N–C) groups is 1. The van der Waals surface area contributed by atoms with E-state index in [4.69, 9.17) is 5.11 Å². The monoisotopic (exact) mass is 114 g/mol. The molecular weight excluding hydrogens is 110 g/mol. The number of ether oxygens (including phenoxy) is 1. The first-order chi connectivity index (χ1) is 3.84. The van der Waals surface area contributed by atoms with Crippen molar-refractivity contribution in [2.24, 2.45) is 4.99 Å².